The minimum Gasteiger partial charge on any atom is -0.399 e. The van der Waals surface area contributed by atoms with E-state index in [1.165, 1.54) is 0 Å². The van der Waals surface area contributed by atoms with Gasteiger partial charge in [0.25, 0.3) is 0 Å². The molecule has 0 aliphatic carbocycles. The van der Waals surface area contributed by atoms with E-state index in [4.69, 9.17) is 20.3 Å². The molecule has 3 heterocycles. The first-order valence-electron chi connectivity index (χ1n) is 10.5. The number of hydrogen-bond acceptors (Lipinski definition) is 4. The van der Waals surface area contributed by atoms with Crippen LogP contribution in [0.1, 0.15) is 44.4 Å². The van der Waals surface area contributed by atoms with Gasteiger partial charge in [-0.3, -0.25) is 4.98 Å². The topological polar surface area (TPSA) is 49.2 Å². The van der Waals surface area contributed by atoms with Gasteiger partial charge in [-0.05, 0) is 40.6 Å². The zero-order valence-electron chi connectivity index (χ0n) is 20.2. The van der Waals surface area contributed by atoms with E-state index in [2.05, 4.69) is 9.97 Å². The van der Waals surface area contributed by atoms with Crippen LogP contribution in [0.25, 0.3) is 5.69 Å². The number of aromatic nitrogens is 3. The van der Waals surface area contributed by atoms with Crippen molar-refractivity contribution in [3.8, 4) is 5.69 Å². The Balaban J connectivity index is 2.31. The highest BCUT2D eigenvalue weighted by Gasteiger charge is 2.52. The molecular formula is C15H20BN3O2. The summed E-state index contributed by atoms with van der Waals surface area (Å²) >= 11 is 0. The lowest BCUT2D eigenvalue weighted by molar-refractivity contribution is 0.00578. The van der Waals surface area contributed by atoms with E-state index >= 15 is 0 Å². The average Bonchev–Trinajstić information content (AvgIpc) is 2.95. The van der Waals surface area contributed by atoms with E-state index in [0.29, 0.717) is 0 Å². The minimum absolute atomic E-state index is 0.0786. The molecule has 0 spiro atoms. The molecule has 0 aromatic carbocycles. The fourth-order valence-electron chi connectivity index (χ4n) is 1.95. The van der Waals surface area contributed by atoms with Gasteiger partial charge >= 0.3 is 7.12 Å². The van der Waals surface area contributed by atoms with Crippen molar-refractivity contribution in [3.05, 3.63) is 36.6 Å². The standard InChI is InChI=1S/C15H20BN3O2/c1-11-9-19(10-18-11)13-8-17-7-6-12(13)16-20-14(2,3)15(4,5)21-16/h6-10H,1-5H3/i1D3,6D,7D,8D,9D,10D. The monoisotopic (exact) mass is 293 g/mol. The Labute approximate surface area is 136 Å². The Morgan fingerprint density at radius 2 is 2.00 bits per heavy atom. The number of aryl methyl sites for hydroxylation is 1. The molecule has 2 aromatic heterocycles. The summed E-state index contributed by atoms with van der Waals surface area (Å²) in [6, 6.07) is -0.405. The largest absolute Gasteiger partial charge is 0.497 e. The van der Waals surface area contributed by atoms with Crippen LogP contribution < -0.4 is 5.46 Å². The Morgan fingerprint density at radius 1 is 1.29 bits per heavy atom. The van der Waals surface area contributed by atoms with Gasteiger partial charge in [-0.1, -0.05) is 0 Å². The maximum absolute atomic E-state index is 8.32. The first-order valence-corrected chi connectivity index (χ1v) is 6.48. The average molecular weight is 293 g/mol. The molecule has 0 saturated carbocycles. The van der Waals surface area contributed by atoms with Gasteiger partial charge in [0.15, 0.2) is 0 Å². The fourth-order valence-corrected chi connectivity index (χ4v) is 1.95. The van der Waals surface area contributed by atoms with Gasteiger partial charge in [0.05, 0.1) is 40.5 Å². The molecular weight excluding hydrogens is 265 g/mol. The van der Waals surface area contributed by atoms with Gasteiger partial charge in [0, 0.05) is 21.9 Å². The van der Waals surface area contributed by atoms with E-state index in [1.807, 2.05) is 0 Å². The second-order valence-corrected chi connectivity index (χ2v) is 5.82. The SMILES string of the molecule is [2H]c1nc([2H])c(-n2c([2H])nc(C([2H])([2H])[2H])c2[2H])c(B2OC(C)(C)C(C)(C)O2)c1[2H]. The van der Waals surface area contributed by atoms with Gasteiger partial charge in [-0.2, -0.15) is 0 Å². The molecule has 2 aromatic rings. The highest BCUT2D eigenvalue weighted by molar-refractivity contribution is 6.63. The molecule has 0 unspecified atom stereocenters. The number of rotatable bonds is 2. The summed E-state index contributed by atoms with van der Waals surface area (Å²) < 4.78 is 76.0. The number of nitrogens with zero attached hydrogens (tertiary/aromatic N) is 3. The molecule has 0 amide bonds. The molecule has 1 aliphatic heterocycles. The van der Waals surface area contributed by atoms with Crippen molar-refractivity contribution >= 4 is 12.6 Å². The summed E-state index contributed by atoms with van der Waals surface area (Å²) in [6.07, 6.45) is -2.25. The molecule has 5 nitrogen and oxygen atoms in total. The van der Waals surface area contributed by atoms with Crippen LogP contribution in [0.4, 0.5) is 0 Å². The molecule has 0 atom stereocenters. The number of pyridine rings is 1. The second-order valence-electron chi connectivity index (χ2n) is 5.82. The van der Waals surface area contributed by atoms with Crippen LogP contribution in [0, 0.1) is 6.85 Å². The van der Waals surface area contributed by atoms with Crippen LogP contribution in [-0.4, -0.2) is 32.9 Å². The van der Waals surface area contributed by atoms with Crippen molar-refractivity contribution in [1.82, 2.24) is 14.5 Å². The van der Waals surface area contributed by atoms with Crippen molar-refractivity contribution in [2.45, 2.75) is 45.7 Å². The zero-order valence-corrected chi connectivity index (χ0v) is 12.2. The van der Waals surface area contributed by atoms with Crippen molar-refractivity contribution in [1.29, 1.82) is 0 Å². The van der Waals surface area contributed by atoms with Crippen molar-refractivity contribution in [2.75, 3.05) is 0 Å². The summed E-state index contributed by atoms with van der Waals surface area (Å²) in [5, 5.41) is 0. The summed E-state index contributed by atoms with van der Waals surface area (Å²) in [5.41, 5.74) is -2.50. The predicted molar refractivity (Wildman–Crippen MR) is 81.8 cm³/mol. The van der Waals surface area contributed by atoms with E-state index in [1.54, 1.807) is 27.7 Å². The van der Waals surface area contributed by atoms with E-state index < -0.39 is 61.7 Å². The van der Waals surface area contributed by atoms with Crippen LogP contribution in [0.15, 0.2) is 30.9 Å². The second kappa shape index (κ2) is 4.68. The number of imidazole rings is 1. The third-order valence-electron chi connectivity index (χ3n) is 3.86. The molecule has 3 rings (SSSR count). The Bertz CT molecular complexity index is 973. The summed E-state index contributed by atoms with van der Waals surface area (Å²) in [6.45, 7) is 4.41. The highest BCUT2D eigenvalue weighted by Crippen LogP contribution is 2.36. The number of hydrogen-bond donors (Lipinski definition) is 0. The first-order chi connectivity index (χ1) is 13.1. The molecule has 6 heteroatoms. The van der Waals surface area contributed by atoms with E-state index in [9.17, 15) is 0 Å². The van der Waals surface area contributed by atoms with Crippen molar-refractivity contribution in [2.24, 2.45) is 0 Å². The molecule has 0 radical (unpaired) electrons. The Kier molecular flexibility index (Phi) is 1.68. The molecule has 21 heavy (non-hydrogen) atoms. The minimum atomic E-state index is -2.74. The normalized spacial score (nSPS) is 26.0. The van der Waals surface area contributed by atoms with Crippen LogP contribution >= 0.6 is 0 Å². The van der Waals surface area contributed by atoms with Gasteiger partial charge in [0.1, 0.15) is 1.37 Å². The Morgan fingerprint density at radius 3 is 2.62 bits per heavy atom. The maximum Gasteiger partial charge on any atom is 0.497 e. The predicted octanol–water partition coefficient (Wildman–Crippen LogP) is 1.87. The molecule has 110 valence electrons. The third kappa shape index (κ3) is 2.38. The van der Waals surface area contributed by atoms with E-state index in [0.717, 1.165) is 4.57 Å². The lowest BCUT2D eigenvalue weighted by Gasteiger charge is -2.32. The summed E-state index contributed by atoms with van der Waals surface area (Å²) in [7, 11) is -1.18. The van der Waals surface area contributed by atoms with E-state index in [-0.39, 0.29) is 11.2 Å². The van der Waals surface area contributed by atoms with Crippen LogP contribution in [0.2, 0.25) is 0 Å². The lowest BCUT2D eigenvalue weighted by Crippen LogP contribution is -2.41. The van der Waals surface area contributed by atoms with Crippen LogP contribution in [0.3, 0.4) is 0 Å². The molecule has 1 fully saturated rings. The fraction of sp³-hybridized carbons (Fsp3) is 0.467. The van der Waals surface area contributed by atoms with Crippen LogP contribution in [-0.2, 0) is 9.31 Å². The summed E-state index contributed by atoms with van der Waals surface area (Å²) in [4.78, 5) is 7.34. The summed E-state index contributed by atoms with van der Waals surface area (Å²) in [5.74, 6) is 0. The maximum atomic E-state index is 8.32. The molecule has 0 bridgehead atoms. The van der Waals surface area contributed by atoms with Gasteiger partial charge in [-0.25, -0.2) is 4.98 Å². The van der Waals surface area contributed by atoms with Gasteiger partial charge in [-0.15, -0.1) is 0 Å². The van der Waals surface area contributed by atoms with Gasteiger partial charge in [0.2, 0.25) is 0 Å². The molecule has 0 N–H and O–H groups in total. The van der Waals surface area contributed by atoms with Crippen molar-refractivity contribution < 1.29 is 20.3 Å². The van der Waals surface area contributed by atoms with Crippen LogP contribution in [0.5, 0.6) is 0 Å². The quantitative estimate of drug-likeness (QED) is 0.793. The Hall–Kier alpha value is -1.66. The molecule has 1 saturated heterocycles. The third-order valence-corrected chi connectivity index (χ3v) is 3.86. The smallest absolute Gasteiger partial charge is 0.399 e. The lowest BCUT2D eigenvalue weighted by atomic mass is 9.78. The highest BCUT2D eigenvalue weighted by atomic mass is 16.7. The zero-order chi connectivity index (χ0) is 22.1. The van der Waals surface area contributed by atoms with Crippen molar-refractivity contribution in [3.63, 3.8) is 0 Å². The van der Waals surface area contributed by atoms with Gasteiger partial charge < -0.3 is 13.9 Å². The first kappa shape index (κ1) is 7.56. The molecule has 1 aliphatic rings.